The number of fused-ring (bicyclic) bond motifs is 1. The summed E-state index contributed by atoms with van der Waals surface area (Å²) < 4.78 is 24.2. The lowest BCUT2D eigenvalue weighted by atomic mass is 10.0. The van der Waals surface area contributed by atoms with Gasteiger partial charge in [0.05, 0.1) is 22.0 Å². The molecule has 0 radical (unpaired) electrons. The minimum atomic E-state index is -3.13. The van der Waals surface area contributed by atoms with Crippen molar-refractivity contribution in [3.8, 4) is 0 Å². The number of sulfone groups is 1. The van der Waals surface area contributed by atoms with Gasteiger partial charge in [0.1, 0.15) is 0 Å². The lowest BCUT2D eigenvalue weighted by molar-refractivity contribution is 0.487. The molecule has 6 heteroatoms. The molecule has 0 fully saturated rings. The van der Waals surface area contributed by atoms with E-state index in [2.05, 4.69) is 15.3 Å². The maximum atomic E-state index is 12.1. The minimum absolute atomic E-state index is 0.0350. The highest BCUT2D eigenvalue weighted by molar-refractivity contribution is 7.91. The van der Waals surface area contributed by atoms with Crippen molar-refractivity contribution in [3.63, 3.8) is 0 Å². The molecule has 3 rings (SSSR count). The Hall–Kier alpha value is -1.79. The van der Waals surface area contributed by atoms with Gasteiger partial charge in [0, 0.05) is 25.0 Å². The van der Waals surface area contributed by atoms with Gasteiger partial charge < -0.3 is 5.32 Å². The zero-order chi connectivity index (χ0) is 14.9. The highest BCUT2D eigenvalue weighted by Crippen LogP contribution is 2.31. The minimum Gasteiger partial charge on any atom is -0.304 e. The van der Waals surface area contributed by atoms with E-state index in [1.807, 2.05) is 19.1 Å². The molecule has 0 aliphatic carbocycles. The van der Waals surface area contributed by atoms with Gasteiger partial charge in [0.15, 0.2) is 9.84 Å². The molecular formula is C15H17N3O2S. The molecule has 1 N–H and O–H groups in total. The van der Waals surface area contributed by atoms with E-state index in [1.165, 1.54) is 0 Å². The van der Waals surface area contributed by atoms with Crippen LogP contribution in [0.25, 0.3) is 0 Å². The Bertz CT molecular complexity index is 742. The molecule has 0 spiro atoms. The van der Waals surface area contributed by atoms with Crippen LogP contribution in [0.2, 0.25) is 0 Å². The van der Waals surface area contributed by atoms with E-state index in [9.17, 15) is 8.42 Å². The molecule has 0 saturated heterocycles. The summed E-state index contributed by atoms with van der Waals surface area (Å²) in [5.41, 5.74) is 2.59. The third-order valence-corrected chi connectivity index (χ3v) is 5.48. The van der Waals surface area contributed by atoms with Crippen LogP contribution in [-0.4, -0.2) is 24.1 Å². The van der Waals surface area contributed by atoms with Gasteiger partial charge in [-0.3, -0.25) is 9.97 Å². The zero-order valence-corrected chi connectivity index (χ0v) is 12.6. The molecule has 1 aromatic heterocycles. The molecule has 21 heavy (non-hydrogen) atoms. The summed E-state index contributed by atoms with van der Waals surface area (Å²) in [5.74, 6) is 0.182. The van der Waals surface area contributed by atoms with Gasteiger partial charge in [-0.1, -0.05) is 18.2 Å². The van der Waals surface area contributed by atoms with Crippen LogP contribution in [0.3, 0.4) is 0 Å². The van der Waals surface area contributed by atoms with Crippen LogP contribution < -0.4 is 5.32 Å². The third-order valence-electron chi connectivity index (χ3n) is 3.67. The maximum absolute atomic E-state index is 12.1. The first kappa shape index (κ1) is 14.2. The standard InChI is InChI=1S/C15H17N3O2S/c1-11-8-17-12(9-16-11)10-18-14-6-7-21(19,20)15-5-3-2-4-13(14)15/h2-5,8-9,14,18H,6-7,10H2,1H3. The molecular weight excluding hydrogens is 286 g/mol. The number of aromatic nitrogens is 2. The Morgan fingerprint density at radius 3 is 2.81 bits per heavy atom. The molecule has 0 amide bonds. The number of aryl methyl sites for hydroxylation is 1. The van der Waals surface area contributed by atoms with Gasteiger partial charge in [0.2, 0.25) is 0 Å². The van der Waals surface area contributed by atoms with E-state index in [-0.39, 0.29) is 11.8 Å². The molecule has 0 bridgehead atoms. The first-order chi connectivity index (χ1) is 10.1. The predicted molar refractivity (Wildman–Crippen MR) is 79.5 cm³/mol. The number of nitrogens with one attached hydrogen (secondary N) is 1. The van der Waals surface area contributed by atoms with Crippen LogP contribution in [0.15, 0.2) is 41.6 Å². The van der Waals surface area contributed by atoms with E-state index in [4.69, 9.17) is 0 Å². The van der Waals surface area contributed by atoms with Crippen LogP contribution >= 0.6 is 0 Å². The van der Waals surface area contributed by atoms with Crippen molar-refractivity contribution in [2.75, 3.05) is 5.75 Å². The highest BCUT2D eigenvalue weighted by atomic mass is 32.2. The van der Waals surface area contributed by atoms with Gasteiger partial charge in [-0.05, 0) is 25.0 Å². The first-order valence-electron chi connectivity index (χ1n) is 6.89. The second-order valence-corrected chi connectivity index (χ2v) is 7.31. The second-order valence-electron chi connectivity index (χ2n) is 5.23. The van der Waals surface area contributed by atoms with Crippen molar-refractivity contribution in [1.29, 1.82) is 0 Å². The summed E-state index contributed by atoms with van der Waals surface area (Å²) in [6.45, 7) is 2.47. The molecule has 1 atom stereocenters. The number of hydrogen-bond donors (Lipinski definition) is 1. The lowest BCUT2D eigenvalue weighted by Crippen LogP contribution is -2.29. The molecule has 110 valence electrons. The third kappa shape index (κ3) is 2.96. The average molecular weight is 303 g/mol. The van der Waals surface area contributed by atoms with Gasteiger partial charge in [-0.25, -0.2) is 8.42 Å². The van der Waals surface area contributed by atoms with Crippen molar-refractivity contribution in [2.45, 2.75) is 30.8 Å². The Labute approximate surface area is 124 Å². The van der Waals surface area contributed by atoms with Gasteiger partial charge in [-0.2, -0.15) is 0 Å². The molecule has 2 aromatic rings. The smallest absolute Gasteiger partial charge is 0.178 e. The normalized spacial score (nSPS) is 20.0. The topological polar surface area (TPSA) is 72.0 Å². The maximum Gasteiger partial charge on any atom is 0.178 e. The van der Waals surface area contributed by atoms with E-state index in [0.717, 1.165) is 17.0 Å². The summed E-state index contributed by atoms with van der Waals surface area (Å²) >= 11 is 0. The quantitative estimate of drug-likeness (QED) is 0.936. The second kappa shape index (κ2) is 5.54. The number of nitrogens with zero attached hydrogens (tertiary/aromatic N) is 2. The molecule has 5 nitrogen and oxygen atoms in total. The molecule has 2 heterocycles. The number of benzene rings is 1. The Kier molecular flexibility index (Phi) is 3.73. The number of hydrogen-bond acceptors (Lipinski definition) is 5. The highest BCUT2D eigenvalue weighted by Gasteiger charge is 2.29. The monoisotopic (exact) mass is 303 g/mol. The van der Waals surface area contributed by atoms with Crippen molar-refractivity contribution in [1.82, 2.24) is 15.3 Å². The Morgan fingerprint density at radius 1 is 1.24 bits per heavy atom. The van der Waals surface area contributed by atoms with E-state index in [1.54, 1.807) is 24.5 Å². The van der Waals surface area contributed by atoms with Crippen LogP contribution in [0.1, 0.15) is 29.4 Å². The average Bonchev–Trinajstić information content (AvgIpc) is 2.48. The fraction of sp³-hybridized carbons (Fsp3) is 0.333. The Balaban J connectivity index is 1.79. The Morgan fingerprint density at radius 2 is 2.05 bits per heavy atom. The largest absolute Gasteiger partial charge is 0.304 e. The molecule has 1 aliphatic rings. The van der Waals surface area contributed by atoms with E-state index in [0.29, 0.717) is 17.9 Å². The van der Waals surface area contributed by atoms with E-state index >= 15 is 0 Å². The van der Waals surface area contributed by atoms with Crippen molar-refractivity contribution >= 4 is 9.84 Å². The fourth-order valence-electron chi connectivity index (χ4n) is 2.54. The summed E-state index contributed by atoms with van der Waals surface area (Å²) in [6, 6.07) is 7.24. The van der Waals surface area contributed by atoms with Crippen LogP contribution in [-0.2, 0) is 16.4 Å². The van der Waals surface area contributed by atoms with Gasteiger partial charge >= 0.3 is 0 Å². The van der Waals surface area contributed by atoms with E-state index < -0.39 is 9.84 Å². The van der Waals surface area contributed by atoms with Crippen LogP contribution in [0.5, 0.6) is 0 Å². The van der Waals surface area contributed by atoms with Crippen molar-refractivity contribution in [2.24, 2.45) is 0 Å². The fourth-order valence-corrected chi connectivity index (χ4v) is 4.16. The number of rotatable bonds is 3. The summed E-state index contributed by atoms with van der Waals surface area (Å²) in [4.78, 5) is 8.96. The molecule has 1 aromatic carbocycles. The predicted octanol–water partition coefficient (Wildman–Crippen LogP) is 1.79. The lowest BCUT2D eigenvalue weighted by Gasteiger charge is -2.26. The van der Waals surface area contributed by atoms with Crippen molar-refractivity contribution < 1.29 is 8.42 Å². The van der Waals surface area contributed by atoms with Gasteiger partial charge in [-0.15, -0.1) is 0 Å². The zero-order valence-electron chi connectivity index (χ0n) is 11.8. The molecule has 1 unspecified atom stereocenters. The first-order valence-corrected chi connectivity index (χ1v) is 8.54. The molecule has 0 saturated carbocycles. The molecule has 1 aliphatic heterocycles. The summed E-state index contributed by atoms with van der Waals surface area (Å²) in [5, 5.41) is 3.38. The SMILES string of the molecule is Cc1cnc(CNC2CCS(=O)(=O)c3ccccc32)cn1. The van der Waals surface area contributed by atoms with Gasteiger partial charge in [0.25, 0.3) is 0 Å². The van der Waals surface area contributed by atoms with Crippen molar-refractivity contribution in [3.05, 3.63) is 53.6 Å². The van der Waals surface area contributed by atoms with Crippen LogP contribution in [0.4, 0.5) is 0 Å². The summed E-state index contributed by atoms with van der Waals surface area (Å²) in [7, 11) is -3.13. The van der Waals surface area contributed by atoms with Crippen LogP contribution in [0, 0.1) is 6.92 Å². The summed E-state index contributed by atoms with van der Waals surface area (Å²) in [6.07, 6.45) is 4.06.